The standard InChI is InChI=1S/C16H16N2O5S2/c19-16-10-11-24(20,21)18(16)14-6-8-15(9-7-14)25(22,23)17-12-13-4-2-1-3-5-13/h1-9,17H,10-12H2. The first-order valence-electron chi connectivity index (χ1n) is 7.49. The second-order valence-corrected chi connectivity index (χ2v) is 9.23. The molecule has 0 aliphatic carbocycles. The Kier molecular flexibility index (Phi) is 4.63. The molecule has 0 saturated carbocycles. The van der Waals surface area contributed by atoms with E-state index in [-0.39, 0.29) is 29.3 Å². The largest absolute Gasteiger partial charge is 0.273 e. The van der Waals surface area contributed by atoms with Gasteiger partial charge in [0, 0.05) is 13.0 Å². The van der Waals surface area contributed by atoms with E-state index >= 15 is 0 Å². The Balaban J connectivity index is 1.78. The SMILES string of the molecule is O=C1CCS(=O)(=O)N1c1ccc(S(=O)(=O)NCc2ccccc2)cc1. The van der Waals surface area contributed by atoms with Crippen LogP contribution in [0.5, 0.6) is 0 Å². The number of hydrogen-bond donors (Lipinski definition) is 1. The van der Waals surface area contributed by atoms with Gasteiger partial charge in [-0.25, -0.2) is 25.9 Å². The van der Waals surface area contributed by atoms with Crippen LogP contribution in [0, 0.1) is 0 Å². The maximum Gasteiger partial charge on any atom is 0.242 e. The Morgan fingerprint density at radius 3 is 2.20 bits per heavy atom. The molecule has 1 saturated heterocycles. The molecule has 9 heteroatoms. The molecule has 0 radical (unpaired) electrons. The quantitative estimate of drug-likeness (QED) is 0.841. The van der Waals surface area contributed by atoms with Crippen LogP contribution in [0.15, 0.2) is 59.5 Å². The summed E-state index contributed by atoms with van der Waals surface area (Å²) in [5.41, 5.74) is 0.959. The number of rotatable bonds is 5. The van der Waals surface area contributed by atoms with E-state index in [9.17, 15) is 21.6 Å². The Bertz CT molecular complexity index is 985. The summed E-state index contributed by atoms with van der Waals surface area (Å²) in [4.78, 5) is 11.7. The van der Waals surface area contributed by atoms with Crippen LogP contribution < -0.4 is 9.03 Å². The summed E-state index contributed by atoms with van der Waals surface area (Å²) in [6.45, 7) is 0.143. The smallest absolute Gasteiger partial charge is 0.242 e. The van der Waals surface area contributed by atoms with Crippen molar-refractivity contribution in [2.24, 2.45) is 0 Å². The number of carbonyl (C=O) groups is 1. The normalized spacial score (nSPS) is 17.0. The molecule has 1 heterocycles. The molecule has 132 valence electrons. The van der Waals surface area contributed by atoms with E-state index < -0.39 is 26.0 Å². The predicted molar refractivity (Wildman–Crippen MR) is 92.8 cm³/mol. The van der Waals surface area contributed by atoms with Crippen molar-refractivity contribution in [3.8, 4) is 0 Å². The number of nitrogens with one attached hydrogen (secondary N) is 1. The van der Waals surface area contributed by atoms with Gasteiger partial charge in [0.2, 0.25) is 26.0 Å². The van der Waals surface area contributed by atoms with Crippen molar-refractivity contribution in [2.75, 3.05) is 10.1 Å². The lowest BCUT2D eigenvalue weighted by Crippen LogP contribution is -2.29. The maximum atomic E-state index is 12.3. The number of anilines is 1. The molecule has 0 atom stereocenters. The van der Waals surface area contributed by atoms with Crippen molar-refractivity contribution in [1.82, 2.24) is 4.72 Å². The van der Waals surface area contributed by atoms with Crippen LogP contribution in [0.4, 0.5) is 5.69 Å². The highest BCUT2D eigenvalue weighted by Gasteiger charge is 2.36. The van der Waals surface area contributed by atoms with E-state index in [0.717, 1.165) is 9.87 Å². The minimum Gasteiger partial charge on any atom is -0.273 e. The van der Waals surface area contributed by atoms with Crippen LogP contribution in [0.2, 0.25) is 0 Å². The van der Waals surface area contributed by atoms with Gasteiger partial charge in [0.25, 0.3) is 0 Å². The topological polar surface area (TPSA) is 101 Å². The first-order valence-corrected chi connectivity index (χ1v) is 10.6. The fourth-order valence-electron chi connectivity index (χ4n) is 2.49. The Morgan fingerprint density at radius 1 is 1.00 bits per heavy atom. The molecule has 0 aromatic heterocycles. The summed E-state index contributed by atoms with van der Waals surface area (Å²) < 4.78 is 51.6. The number of amides is 1. The minimum atomic E-state index is -3.74. The molecule has 3 rings (SSSR count). The molecule has 25 heavy (non-hydrogen) atoms. The van der Waals surface area contributed by atoms with E-state index in [2.05, 4.69) is 4.72 Å². The highest BCUT2D eigenvalue weighted by Crippen LogP contribution is 2.26. The third kappa shape index (κ3) is 3.73. The second kappa shape index (κ2) is 6.58. The van der Waals surface area contributed by atoms with Crippen LogP contribution in [-0.4, -0.2) is 28.5 Å². The molecule has 1 aliphatic rings. The van der Waals surface area contributed by atoms with Crippen molar-refractivity contribution in [3.63, 3.8) is 0 Å². The van der Waals surface area contributed by atoms with Crippen molar-refractivity contribution in [2.45, 2.75) is 17.9 Å². The number of hydrogen-bond acceptors (Lipinski definition) is 5. The molecule has 1 amide bonds. The predicted octanol–water partition coefficient (Wildman–Crippen LogP) is 1.23. The lowest BCUT2D eigenvalue weighted by atomic mass is 10.2. The zero-order valence-electron chi connectivity index (χ0n) is 13.1. The van der Waals surface area contributed by atoms with Gasteiger partial charge in [0.05, 0.1) is 16.3 Å². The van der Waals surface area contributed by atoms with Gasteiger partial charge in [-0.3, -0.25) is 4.79 Å². The summed E-state index contributed by atoms with van der Waals surface area (Å²) in [6, 6.07) is 14.3. The van der Waals surface area contributed by atoms with E-state index in [0.29, 0.717) is 0 Å². The number of nitrogens with zero attached hydrogens (tertiary/aromatic N) is 1. The van der Waals surface area contributed by atoms with E-state index in [1.807, 2.05) is 18.2 Å². The van der Waals surface area contributed by atoms with Crippen molar-refractivity contribution < 1.29 is 21.6 Å². The van der Waals surface area contributed by atoms with E-state index in [1.54, 1.807) is 12.1 Å². The Morgan fingerprint density at radius 2 is 1.64 bits per heavy atom. The third-order valence-corrected chi connectivity index (χ3v) is 6.88. The molecule has 1 aliphatic heterocycles. The molecular formula is C16H16N2O5S2. The maximum absolute atomic E-state index is 12.3. The van der Waals surface area contributed by atoms with Crippen LogP contribution in [0.3, 0.4) is 0 Å². The van der Waals surface area contributed by atoms with Gasteiger partial charge in [-0.1, -0.05) is 30.3 Å². The van der Waals surface area contributed by atoms with Crippen molar-refractivity contribution in [3.05, 3.63) is 60.2 Å². The monoisotopic (exact) mass is 380 g/mol. The summed E-state index contributed by atoms with van der Waals surface area (Å²) >= 11 is 0. The molecular weight excluding hydrogens is 364 g/mol. The first kappa shape index (κ1) is 17.6. The minimum absolute atomic E-state index is 0.00350. The third-order valence-electron chi connectivity index (χ3n) is 3.77. The van der Waals surface area contributed by atoms with Gasteiger partial charge < -0.3 is 0 Å². The number of sulfonamides is 2. The fourth-order valence-corrected chi connectivity index (χ4v) is 4.96. The van der Waals surface area contributed by atoms with E-state index in [1.165, 1.54) is 24.3 Å². The fraction of sp³-hybridized carbons (Fsp3) is 0.188. The first-order chi connectivity index (χ1) is 11.8. The van der Waals surface area contributed by atoms with Crippen LogP contribution in [0.1, 0.15) is 12.0 Å². The molecule has 1 fully saturated rings. The molecule has 1 N–H and O–H groups in total. The van der Waals surface area contributed by atoms with Gasteiger partial charge in [-0.05, 0) is 29.8 Å². The van der Waals surface area contributed by atoms with Crippen LogP contribution in [-0.2, 0) is 31.4 Å². The average molecular weight is 380 g/mol. The van der Waals surface area contributed by atoms with Gasteiger partial charge in [0.15, 0.2) is 0 Å². The highest BCUT2D eigenvalue weighted by molar-refractivity contribution is 7.94. The van der Waals surface area contributed by atoms with Crippen molar-refractivity contribution >= 4 is 31.6 Å². The molecule has 2 aromatic carbocycles. The molecule has 2 aromatic rings. The lowest BCUT2D eigenvalue weighted by molar-refractivity contribution is -0.116. The van der Waals surface area contributed by atoms with Gasteiger partial charge in [0.1, 0.15) is 0 Å². The summed E-state index contributed by atoms with van der Waals surface area (Å²) in [5.74, 6) is -0.748. The summed E-state index contributed by atoms with van der Waals surface area (Å²) in [6.07, 6.45) is -0.0684. The van der Waals surface area contributed by atoms with Gasteiger partial charge >= 0.3 is 0 Å². The van der Waals surface area contributed by atoms with E-state index in [4.69, 9.17) is 0 Å². The van der Waals surface area contributed by atoms with Gasteiger partial charge in [-0.2, -0.15) is 0 Å². The lowest BCUT2D eigenvalue weighted by Gasteiger charge is -2.15. The Hall–Kier alpha value is -2.23. The summed E-state index contributed by atoms with van der Waals surface area (Å²) in [7, 11) is -7.41. The zero-order chi connectivity index (χ0) is 18.1. The molecule has 0 bridgehead atoms. The zero-order valence-corrected chi connectivity index (χ0v) is 14.8. The summed E-state index contributed by atoms with van der Waals surface area (Å²) in [5, 5.41) is 0. The second-order valence-electron chi connectivity index (χ2n) is 5.53. The van der Waals surface area contributed by atoms with Crippen LogP contribution in [0.25, 0.3) is 0 Å². The average Bonchev–Trinajstić information content (AvgIpc) is 2.87. The molecule has 7 nitrogen and oxygen atoms in total. The Labute approximate surface area is 146 Å². The number of carbonyl (C=O) groups excluding carboxylic acids is 1. The van der Waals surface area contributed by atoms with Crippen LogP contribution >= 0.6 is 0 Å². The van der Waals surface area contributed by atoms with Crippen molar-refractivity contribution in [1.29, 1.82) is 0 Å². The number of benzene rings is 2. The highest BCUT2D eigenvalue weighted by atomic mass is 32.2. The molecule has 0 spiro atoms. The van der Waals surface area contributed by atoms with Gasteiger partial charge in [-0.15, -0.1) is 0 Å². The molecule has 0 unspecified atom stereocenters.